The van der Waals surface area contributed by atoms with Crippen LogP contribution in [0.2, 0.25) is 20.1 Å². The van der Waals surface area contributed by atoms with Crippen molar-refractivity contribution in [3.8, 4) is 11.5 Å². The van der Waals surface area contributed by atoms with Crippen LogP contribution in [0.5, 0.6) is 11.5 Å². The Morgan fingerprint density at radius 1 is 0.759 bits per heavy atom. The van der Waals surface area contributed by atoms with Gasteiger partial charge in [-0.1, -0.05) is 70.7 Å². The minimum Gasteiger partial charge on any atom is -0.508 e. The molecule has 0 radical (unpaired) electrons. The monoisotopic (exact) mass is 492 g/mol. The second kappa shape index (κ2) is 7.87. The van der Waals surface area contributed by atoms with Crippen LogP contribution < -0.4 is 0 Å². The average molecular weight is 494 g/mol. The van der Waals surface area contributed by atoms with E-state index in [9.17, 15) is 23.2 Å². The largest absolute Gasteiger partial charge is 0.508 e. The molecule has 0 bridgehead atoms. The zero-order valence-corrected chi connectivity index (χ0v) is 18.1. The molecule has 3 aromatic rings. The predicted octanol–water partition coefficient (Wildman–Crippen LogP) is 5.89. The van der Waals surface area contributed by atoms with Crippen molar-refractivity contribution in [1.82, 2.24) is 0 Å². The lowest BCUT2D eigenvalue weighted by Gasteiger charge is -2.34. The fraction of sp³-hybridized carbons (Fsp3) is 0.0526. The van der Waals surface area contributed by atoms with Gasteiger partial charge in [0.25, 0.3) is 10.1 Å². The first kappa shape index (κ1) is 22.0. The molecule has 1 unspecified atom stereocenters. The van der Waals surface area contributed by atoms with Crippen molar-refractivity contribution in [2.75, 3.05) is 0 Å². The van der Waals surface area contributed by atoms with Crippen molar-refractivity contribution in [3.63, 3.8) is 0 Å². The van der Waals surface area contributed by atoms with Crippen molar-refractivity contribution in [1.29, 1.82) is 0 Å². The molecule has 3 rings (SSSR count). The van der Waals surface area contributed by atoms with Crippen molar-refractivity contribution in [2.24, 2.45) is 0 Å². The van der Waals surface area contributed by atoms with Gasteiger partial charge in [-0.05, 0) is 35.9 Å². The standard InChI is InChI=1S/C19H12Cl4O5S/c20-12-5-3-6-13(21)17(12)19(29(26,27)28,11-4-1-2-7-16(11)24)10-8-14(22)18(25)15(23)9-10/h1-9,24-25H,(H,26,27,28). The van der Waals surface area contributed by atoms with E-state index in [0.717, 1.165) is 12.1 Å². The molecule has 0 heterocycles. The van der Waals surface area contributed by atoms with Gasteiger partial charge in [0, 0.05) is 21.2 Å². The van der Waals surface area contributed by atoms with Gasteiger partial charge in [0.15, 0.2) is 10.5 Å². The van der Waals surface area contributed by atoms with Crippen LogP contribution in [-0.4, -0.2) is 23.2 Å². The van der Waals surface area contributed by atoms with Crippen molar-refractivity contribution in [3.05, 3.63) is 91.4 Å². The zero-order chi connectivity index (χ0) is 21.6. The van der Waals surface area contributed by atoms with Crippen LogP contribution >= 0.6 is 46.4 Å². The van der Waals surface area contributed by atoms with Crippen LogP contribution in [-0.2, 0) is 14.9 Å². The summed E-state index contributed by atoms with van der Waals surface area (Å²) in [5.74, 6) is -0.940. The van der Waals surface area contributed by atoms with Gasteiger partial charge in [-0.25, -0.2) is 0 Å². The molecule has 3 N–H and O–H groups in total. The molecule has 0 amide bonds. The predicted molar refractivity (Wildman–Crippen MR) is 114 cm³/mol. The van der Waals surface area contributed by atoms with Crippen molar-refractivity contribution in [2.45, 2.75) is 4.75 Å². The lowest BCUT2D eigenvalue weighted by Crippen LogP contribution is -2.39. The highest BCUT2D eigenvalue weighted by Gasteiger charge is 2.52. The van der Waals surface area contributed by atoms with Crippen LogP contribution in [0.1, 0.15) is 16.7 Å². The molecule has 0 saturated carbocycles. The van der Waals surface area contributed by atoms with E-state index < -0.39 is 26.4 Å². The van der Waals surface area contributed by atoms with E-state index in [0.29, 0.717) is 0 Å². The Balaban J connectivity index is 2.66. The number of rotatable bonds is 4. The van der Waals surface area contributed by atoms with Gasteiger partial charge in [0.2, 0.25) is 0 Å². The molecule has 0 aliphatic rings. The molecule has 10 heteroatoms. The Hall–Kier alpha value is -1.67. The summed E-state index contributed by atoms with van der Waals surface area (Å²) >= 11 is 24.7. The van der Waals surface area contributed by atoms with Gasteiger partial charge in [-0.3, -0.25) is 4.55 Å². The molecule has 152 valence electrons. The number of hydrogen-bond donors (Lipinski definition) is 3. The smallest absolute Gasteiger partial charge is 0.283 e. The minimum absolute atomic E-state index is 0.0984. The van der Waals surface area contributed by atoms with Gasteiger partial charge < -0.3 is 10.2 Å². The quantitative estimate of drug-likeness (QED) is 0.311. The van der Waals surface area contributed by atoms with Crippen LogP contribution in [0.3, 0.4) is 0 Å². The topological polar surface area (TPSA) is 94.8 Å². The Labute approximate surface area is 186 Å². The number of para-hydroxylation sites is 1. The third-order valence-corrected chi connectivity index (χ3v) is 7.05. The van der Waals surface area contributed by atoms with Crippen molar-refractivity contribution < 1.29 is 23.2 Å². The molecule has 0 aliphatic carbocycles. The van der Waals surface area contributed by atoms with E-state index in [1.807, 2.05) is 0 Å². The van der Waals surface area contributed by atoms with Gasteiger partial charge in [0.05, 0.1) is 10.0 Å². The van der Waals surface area contributed by atoms with Crippen LogP contribution in [0.4, 0.5) is 0 Å². The number of aromatic hydroxyl groups is 2. The van der Waals surface area contributed by atoms with Crippen molar-refractivity contribution >= 4 is 56.5 Å². The molecule has 1 atom stereocenters. The SMILES string of the molecule is O=S(=O)(O)C(c1cc(Cl)c(O)c(Cl)c1)(c1ccccc1O)c1c(Cl)cccc1Cl. The lowest BCUT2D eigenvalue weighted by atomic mass is 9.83. The summed E-state index contributed by atoms with van der Waals surface area (Å²) in [6.07, 6.45) is 0. The molecular formula is C19H12Cl4O5S. The fourth-order valence-electron chi connectivity index (χ4n) is 3.23. The molecular weight excluding hydrogens is 482 g/mol. The number of phenols is 2. The third kappa shape index (κ3) is 3.54. The molecule has 0 aromatic heterocycles. The first-order valence-corrected chi connectivity index (χ1v) is 10.9. The summed E-state index contributed by atoms with van der Waals surface area (Å²) in [4.78, 5) is 0. The van der Waals surface area contributed by atoms with E-state index in [1.54, 1.807) is 0 Å². The summed E-state index contributed by atoms with van der Waals surface area (Å²) in [5, 5.41) is 19.7. The first-order valence-electron chi connectivity index (χ1n) is 7.90. The number of hydrogen-bond acceptors (Lipinski definition) is 4. The number of halogens is 4. The summed E-state index contributed by atoms with van der Waals surface area (Å²) in [6.45, 7) is 0. The Kier molecular flexibility index (Phi) is 5.98. The molecule has 0 aliphatic heterocycles. The minimum atomic E-state index is -5.13. The van der Waals surface area contributed by atoms with Gasteiger partial charge in [0.1, 0.15) is 5.75 Å². The van der Waals surface area contributed by atoms with E-state index in [4.69, 9.17) is 46.4 Å². The number of phenolic OH excluding ortho intramolecular Hbond substituents is 2. The van der Waals surface area contributed by atoms with Crippen LogP contribution in [0, 0.1) is 0 Å². The summed E-state index contributed by atoms with van der Waals surface area (Å²) in [5.41, 5.74) is -0.648. The molecule has 5 nitrogen and oxygen atoms in total. The van der Waals surface area contributed by atoms with Gasteiger partial charge >= 0.3 is 0 Å². The first-order chi connectivity index (χ1) is 13.5. The van der Waals surface area contributed by atoms with E-state index >= 15 is 0 Å². The third-order valence-electron chi connectivity index (χ3n) is 4.41. The summed E-state index contributed by atoms with van der Waals surface area (Å²) < 4.78 is 34.0. The maximum absolute atomic E-state index is 13.0. The second-order valence-corrected chi connectivity index (χ2v) is 9.25. The normalized spacial score (nSPS) is 13.8. The maximum Gasteiger partial charge on any atom is 0.283 e. The highest BCUT2D eigenvalue weighted by atomic mass is 35.5. The summed E-state index contributed by atoms with van der Waals surface area (Å²) in [6, 6.07) is 11.9. The molecule has 0 saturated heterocycles. The van der Waals surface area contributed by atoms with E-state index in [-0.39, 0.29) is 36.8 Å². The van der Waals surface area contributed by atoms with E-state index in [1.165, 1.54) is 42.5 Å². The van der Waals surface area contributed by atoms with Crippen LogP contribution in [0.25, 0.3) is 0 Å². The lowest BCUT2D eigenvalue weighted by molar-refractivity contribution is 0.440. The molecule has 0 spiro atoms. The highest BCUT2D eigenvalue weighted by Crippen LogP contribution is 2.52. The highest BCUT2D eigenvalue weighted by molar-refractivity contribution is 7.87. The summed E-state index contributed by atoms with van der Waals surface area (Å²) in [7, 11) is -5.13. The van der Waals surface area contributed by atoms with Crippen LogP contribution in [0.15, 0.2) is 54.6 Å². The molecule has 3 aromatic carbocycles. The Morgan fingerprint density at radius 3 is 1.76 bits per heavy atom. The zero-order valence-electron chi connectivity index (χ0n) is 14.3. The average Bonchev–Trinajstić information content (AvgIpc) is 2.62. The fourth-order valence-corrected chi connectivity index (χ4v) is 5.85. The second-order valence-electron chi connectivity index (χ2n) is 6.06. The molecule has 0 fully saturated rings. The molecule has 29 heavy (non-hydrogen) atoms. The number of benzene rings is 3. The van der Waals surface area contributed by atoms with Gasteiger partial charge in [-0.2, -0.15) is 8.42 Å². The Morgan fingerprint density at radius 2 is 1.28 bits per heavy atom. The van der Waals surface area contributed by atoms with Gasteiger partial charge in [-0.15, -0.1) is 0 Å². The van der Waals surface area contributed by atoms with E-state index in [2.05, 4.69) is 0 Å². The maximum atomic E-state index is 13.0. The Bertz CT molecular complexity index is 1170.